The van der Waals surface area contributed by atoms with Gasteiger partial charge in [-0.2, -0.15) is 0 Å². The van der Waals surface area contributed by atoms with Crippen LogP contribution in [0.15, 0.2) is 0 Å². The van der Waals surface area contributed by atoms with Crippen molar-refractivity contribution in [3.63, 3.8) is 0 Å². The molecule has 0 aromatic rings. The van der Waals surface area contributed by atoms with Crippen molar-refractivity contribution in [2.24, 2.45) is 5.90 Å². The minimum Gasteiger partial charge on any atom is -0.373 e. The van der Waals surface area contributed by atoms with Gasteiger partial charge in [0.05, 0.1) is 31.0 Å². The highest BCUT2D eigenvalue weighted by molar-refractivity contribution is 5.76. The van der Waals surface area contributed by atoms with E-state index in [4.69, 9.17) is 15.4 Å². The zero-order chi connectivity index (χ0) is 14.2. The molecule has 0 unspecified atom stereocenters. The molecule has 2 N–H and O–H groups in total. The maximum atomic E-state index is 11.0. The van der Waals surface area contributed by atoms with Crippen LogP contribution in [-0.4, -0.2) is 36.8 Å². The van der Waals surface area contributed by atoms with E-state index >= 15 is 0 Å². The number of carbonyl (C=O) groups excluding carboxylic acids is 1. The highest BCUT2D eigenvalue weighted by Crippen LogP contribution is 2.17. The molecule has 5 heteroatoms. The van der Waals surface area contributed by atoms with Gasteiger partial charge in [-0.15, -0.1) is 0 Å². The molecule has 0 bridgehead atoms. The first-order valence-electron chi connectivity index (χ1n) is 6.27. The predicted octanol–water partition coefficient (Wildman–Crippen LogP) is 1.84. The van der Waals surface area contributed by atoms with Gasteiger partial charge < -0.3 is 14.3 Å². The number of hydrogen-bond donors (Lipinski definition) is 1. The average molecular weight is 261 g/mol. The third-order valence-electron chi connectivity index (χ3n) is 2.57. The van der Waals surface area contributed by atoms with E-state index in [1.807, 2.05) is 27.7 Å². The fourth-order valence-electron chi connectivity index (χ4n) is 1.66. The van der Waals surface area contributed by atoms with Crippen LogP contribution in [0.1, 0.15) is 47.5 Å². The first kappa shape index (κ1) is 17.5. The van der Waals surface area contributed by atoms with Gasteiger partial charge in [-0.3, -0.25) is 4.79 Å². The largest absolute Gasteiger partial charge is 0.373 e. The number of carbonyl (C=O) groups is 1. The molecule has 0 aliphatic carbocycles. The van der Waals surface area contributed by atoms with Crippen LogP contribution in [0.25, 0.3) is 0 Å². The van der Waals surface area contributed by atoms with Gasteiger partial charge >= 0.3 is 0 Å². The number of rotatable bonds is 10. The Kier molecular flexibility index (Phi) is 7.62. The highest BCUT2D eigenvalue weighted by Gasteiger charge is 2.22. The van der Waals surface area contributed by atoms with Gasteiger partial charge in [-0.25, -0.2) is 5.90 Å². The SMILES string of the molecule is CC(=O)CC(C)(C)OCCOC(C)(C)CCON. The van der Waals surface area contributed by atoms with E-state index in [0.717, 1.165) is 6.42 Å². The molecule has 0 rings (SSSR count). The molecule has 0 atom stereocenters. The van der Waals surface area contributed by atoms with Gasteiger partial charge in [0, 0.05) is 12.8 Å². The molecule has 0 saturated heterocycles. The van der Waals surface area contributed by atoms with Crippen LogP contribution >= 0.6 is 0 Å². The van der Waals surface area contributed by atoms with Crippen LogP contribution in [0.4, 0.5) is 0 Å². The smallest absolute Gasteiger partial charge is 0.132 e. The Morgan fingerprint density at radius 1 is 1.00 bits per heavy atom. The molecule has 0 heterocycles. The van der Waals surface area contributed by atoms with Gasteiger partial charge in [-0.1, -0.05) is 0 Å². The van der Waals surface area contributed by atoms with Crippen LogP contribution < -0.4 is 5.90 Å². The lowest BCUT2D eigenvalue weighted by molar-refractivity contribution is -0.127. The van der Waals surface area contributed by atoms with E-state index in [9.17, 15) is 4.79 Å². The van der Waals surface area contributed by atoms with Crippen molar-refractivity contribution in [3.05, 3.63) is 0 Å². The van der Waals surface area contributed by atoms with Crippen molar-refractivity contribution in [2.75, 3.05) is 19.8 Å². The molecule has 0 aromatic heterocycles. The molecule has 0 aliphatic heterocycles. The van der Waals surface area contributed by atoms with Crippen molar-refractivity contribution >= 4 is 5.78 Å². The van der Waals surface area contributed by atoms with Gasteiger partial charge in [0.15, 0.2) is 0 Å². The minimum atomic E-state index is -0.431. The third-order valence-corrected chi connectivity index (χ3v) is 2.57. The van der Waals surface area contributed by atoms with Crippen molar-refractivity contribution < 1.29 is 19.1 Å². The van der Waals surface area contributed by atoms with Crippen LogP contribution in [0, 0.1) is 0 Å². The number of Topliss-reactive ketones (excluding diaryl/α,β-unsaturated/α-hetero) is 1. The van der Waals surface area contributed by atoms with E-state index in [-0.39, 0.29) is 11.4 Å². The molecule has 0 saturated carbocycles. The summed E-state index contributed by atoms with van der Waals surface area (Å²) < 4.78 is 11.3. The van der Waals surface area contributed by atoms with Crippen molar-refractivity contribution in [3.8, 4) is 0 Å². The van der Waals surface area contributed by atoms with Crippen LogP contribution in [-0.2, 0) is 19.1 Å². The van der Waals surface area contributed by atoms with Crippen molar-refractivity contribution in [1.29, 1.82) is 0 Å². The Labute approximate surface area is 110 Å². The molecule has 108 valence electrons. The van der Waals surface area contributed by atoms with Crippen LogP contribution in [0.2, 0.25) is 0 Å². The second-order valence-electron chi connectivity index (χ2n) is 5.72. The van der Waals surface area contributed by atoms with E-state index < -0.39 is 5.60 Å². The molecule has 0 aliphatic rings. The zero-order valence-electron chi connectivity index (χ0n) is 12.2. The van der Waals surface area contributed by atoms with Crippen LogP contribution in [0.3, 0.4) is 0 Å². The molecule has 0 fully saturated rings. The number of ether oxygens (including phenoxy) is 2. The summed E-state index contributed by atoms with van der Waals surface area (Å²) >= 11 is 0. The summed E-state index contributed by atoms with van der Waals surface area (Å²) in [5.41, 5.74) is -0.715. The fraction of sp³-hybridized carbons (Fsp3) is 0.923. The Morgan fingerprint density at radius 2 is 1.50 bits per heavy atom. The molecule has 5 nitrogen and oxygen atoms in total. The van der Waals surface area contributed by atoms with Gasteiger partial charge in [0.1, 0.15) is 5.78 Å². The summed E-state index contributed by atoms with van der Waals surface area (Å²) in [6.45, 7) is 10.7. The van der Waals surface area contributed by atoms with Gasteiger partial charge in [-0.05, 0) is 34.6 Å². The van der Waals surface area contributed by atoms with Gasteiger partial charge in [0.2, 0.25) is 0 Å². The summed E-state index contributed by atoms with van der Waals surface area (Å²) in [7, 11) is 0. The lowest BCUT2D eigenvalue weighted by Crippen LogP contribution is -2.32. The van der Waals surface area contributed by atoms with E-state index in [0.29, 0.717) is 26.2 Å². The highest BCUT2D eigenvalue weighted by atomic mass is 16.6. The maximum absolute atomic E-state index is 11.0. The third kappa shape index (κ3) is 9.53. The fourth-order valence-corrected chi connectivity index (χ4v) is 1.66. The summed E-state index contributed by atoms with van der Waals surface area (Å²) in [5, 5.41) is 0. The average Bonchev–Trinajstić information content (AvgIpc) is 2.20. The Balaban J connectivity index is 3.81. The van der Waals surface area contributed by atoms with Gasteiger partial charge in [0.25, 0.3) is 0 Å². The Bertz CT molecular complexity index is 251. The predicted molar refractivity (Wildman–Crippen MR) is 70.1 cm³/mol. The Morgan fingerprint density at radius 3 is 1.94 bits per heavy atom. The zero-order valence-corrected chi connectivity index (χ0v) is 12.2. The molecule has 0 amide bonds. The van der Waals surface area contributed by atoms with Crippen LogP contribution in [0.5, 0.6) is 0 Å². The summed E-state index contributed by atoms with van der Waals surface area (Å²) in [5.74, 6) is 5.11. The monoisotopic (exact) mass is 261 g/mol. The molecule has 0 spiro atoms. The second kappa shape index (κ2) is 7.84. The molecular formula is C13H27NO4. The van der Waals surface area contributed by atoms with Crippen molar-refractivity contribution in [2.45, 2.75) is 58.7 Å². The van der Waals surface area contributed by atoms with E-state index in [2.05, 4.69) is 4.84 Å². The molecule has 18 heavy (non-hydrogen) atoms. The number of hydrogen-bond acceptors (Lipinski definition) is 5. The lowest BCUT2D eigenvalue weighted by Gasteiger charge is -2.27. The minimum absolute atomic E-state index is 0.126. The lowest BCUT2D eigenvalue weighted by atomic mass is 10.0. The summed E-state index contributed by atoms with van der Waals surface area (Å²) in [6.07, 6.45) is 1.14. The van der Waals surface area contributed by atoms with E-state index in [1.165, 1.54) is 0 Å². The van der Waals surface area contributed by atoms with Crippen molar-refractivity contribution in [1.82, 2.24) is 0 Å². The normalized spacial score (nSPS) is 12.8. The number of nitrogens with two attached hydrogens (primary N) is 1. The summed E-state index contributed by atoms with van der Waals surface area (Å²) in [6, 6.07) is 0. The molecular weight excluding hydrogens is 234 g/mol. The number of ketones is 1. The second-order valence-corrected chi connectivity index (χ2v) is 5.72. The topological polar surface area (TPSA) is 70.8 Å². The molecule has 0 radical (unpaired) electrons. The summed E-state index contributed by atoms with van der Waals surface area (Å²) in [4.78, 5) is 15.6. The standard InChI is InChI=1S/C13H27NO4/c1-11(15)10-13(4,5)17-9-8-16-12(2,3)6-7-18-14/h6-10,14H2,1-5H3. The van der Waals surface area contributed by atoms with E-state index in [1.54, 1.807) is 6.92 Å². The Hall–Kier alpha value is -0.490. The first-order valence-corrected chi connectivity index (χ1v) is 6.27. The first-order chi connectivity index (χ1) is 8.18. The molecule has 0 aromatic carbocycles. The maximum Gasteiger partial charge on any atom is 0.132 e. The quantitative estimate of drug-likeness (QED) is 0.480.